The van der Waals surface area contributed by atoms with Gasteiger partial charge in [-0.25, -0.2) is 0 Å². The maximum atomic E-state index is 12.2. The van der Waals surface area contributed by atoms with Gasteiger partial charge in [0.05, 0.1) is 7.11 Å². The molecule has 2 amide bonds. The molecule has 0 bridgehead atoms. The predicted molar refractivity (Wildman–Crippen MR) is 99.8 cm³/mol. The predicted octanol–water partition coefficient (Wildman–Crippen LogP) is 3.33. The summed E-state index contributed by atoms with van der Waals surface area (Å²) in [7, 11) is 1.55. The highest BCUT2D eigenvalue weighted by Crippen LogP contribution is 2.38. The van der Waals surface area contributed by atoms with Crippen LogP contribution in [0.15, 0.2) is 42.5 Å². The van der Waals surface area contributed by atoms with Crippen molar-refractivity contribution in [2.24, 2.45) is 0 Å². The van der Waals surface area contributed by atoms with Crippen LogP contribution in [0.25, 0.3) is 0 Å². The molecule has 2 N–H and O–H groups in total. The standard InChI is InChI=1S/C20H22N2O4/c1-20(2)11-18(23)22-15-9-8-13(10-14(15)20)21-19(24)12-26-17-7-5-4-6-16(17)25-3/h4-10H,11-12H2,1-3H3,(H,21,24)(H,22,23). The van der Waals surface area contributed by atoms with E-state index in [1.807, 2.05) is 38.1 Å². The molecule has 0 unspecified atom stereocenters. The molecule has 26 heavy (non-hydrogen) atoms. The van der Waals surface area contributed by atoms with E-state index in [0.29, 0.717) is 23.6 Å². The monoisotopic (exact) mass is 354 g/mol. The zero-order valence-electron chi connectivity index (χ0n) is 15.1. The minimum absolute atomic E-state index is 0.00416. The van der Waals surface area contributed by atoms with Gasteiger partial charge in [0.1, 0.15) is 0 Å². The first kappa shape index (κ1) is 17.8. The smallest absolute Gasteiger partial charge is 0.262 e. The van der Waals surface area contributed by atoms with Crippen molar-refractivity contribution in [3.63, 3.8) is 0 Å². The van der Waals surface area contributed by atoms with E-state index in [4.69, 9.17) is 9.47 Å². The van der Waals surface area contributed by atoms with Crippen LogP contribution in [-0.4, -0.2) is 25.5 Å². The van der Waals surface area contributed by atoms with Crippen LogP contribution in [0, 0.1) is 0 Å². The quantitative estimate of drug-likeness (QED) is 0.863. The maximum absolute atomic E-state index is 12.2. The number of carbonyl (C=O) groups excluding carboxylic acids is 2. The lowest BCUT2D eigenvalue weighted by molar-refractivity contribution is -0.118. The number of hydrogen-bond donors (Lipinski definition) is 2. The minimum atomic E-state index is -0.285. The van der Waals surface area contributed by atoms with Crippen molar-refractivity contribution in [2.45, 2.75) is 25.7 Å². The zero-order chi connectivity index (χ0) is 18.7. The molecule has 2 aromatic rings. The molecule has 0 aromatic heterocycles. The molecule has 2 aromatic carbocycles. The van der Waals surface area contributed by atoms with Crippen LogP contribution in [-0.2, 0) is 15.0 Å². The SMILES string of the molecule is COc1ccccc1OCC(=O)Nc1ccc2c(c1)C(C)(C)CC(=O)N2. The summed E-state index contributed by atoms with van der Waals surface area (Å²) >= 11 is 0. The van der Waals surface area contributed by atoms with Crippen molar-refractivity contribution in [2.75, 3.05) is 24.4 Å². The van der Waals surface area contributed by atoms with Gasteiger partial charge < -0.3 is 20.1 Å². The van der Waals surface area contributed by atoms with Crippen LogP contribution in [0.4, 0.5) is 11.4 Å². The molecule has 3 rings (SSSR count). The second-order valence-corrected chi connectivity index (χ2v) is 6.86. The van der Waals surface area contributed by atoms with Crippen LogP contribution in [0.5, 0.6) is 11.5 Å². The number of ether oxygens (including phenoxy) is 2. The molecule has 1 aliphatic rings. The number of nitrogens with one attached hydrogen (secondary N) is 2. The van der Waals surface area contributed by atoms with Gasteiger partial charge >= 0.3 is 0 Å². The first-order chi connectivity index (χ1) is 12.4. The average Bonchev–Trinajstić information content (AvgIpc) is 2.60. The molecule has 6 heteroatoms. The molecule has 136 valence electrons. The number of amides is 2. The largest absolute Gasteiger partial charge is 0.493 e. The van der Waals surface area contributed by atoms with Crippen LogP contribution >= 0.6 is 0 Å². The van der Waals surface area contributed by atoms with Crippen LogP contribution in [0.3, 0.4) is 0 Å². The van der Waals surface area contributed by atoms with Gasteiger partial charge in [0.25, 0.3) is 5.91 Å². The van der Waals surface area contributed by atoms with Gasteiger partial charge in [-0.15, -0.1) is 0 Å². The Morgan fingerprint density at radius 2 is 1.92 bits per heavy atom. The van der Waals surface area contributed by atoms with E-state index >= 15 is 0 Å². The molecule has 6 nitrogen and oxygen atoms in total. The molecular weight excluding hydrogens is 332 g/mol. The Morgan fingerprint density at radius 3 is 2.65 bits per heavy atom. The van der Waals surface area contributed by atoms with E-state index in [1.165, 1.54) is 0 Å². The first-order valence-corrected chi connectivity index (χ1v) is 8.39. The number of hydrogen-bond acceptors (Lipinski definition) is 4. The van der Waals surface area contributed by atoms with Crippen LogP contribution in [0.1, 0.15) is 25.8 Å². The third-order valence-corrected chi connectivity index (χ3v) is 4.34. The fourth-order valence-corrected chi connectivity index (χ4v) is 3.06. The Kier molecular flexibility index (Phi) is 4.84. The summed E-state index contributed by atoms with van der Waals surface area (Å²) in [6.07, 6.45) is 0.411. The van der Waals surface area contributed by atoms with Crippen molar-refractivity contribution in [3.8, 4) is 11.5 Å². The van der Waals surface area contributed by atoms with Crippen molar-refractivity contribution >= 4 is 23.2 Å². The molecule has 1 heterocycles. The number of anilines is 2. The van der Waals surface area contributed by atoms with E-state index in [1.54, 1.807) is 25.3 Å². The number of carbonyl (C=O) groups is 2. The van der Waals surface area contributed by atoms with Crippen molar-refractivity contribution < 1.29 is 19.1 Å². The molecule has 0 atom stereocenters. The highest BCUT2D eigenvalue weighted by atomic mass is 16.5. The van der Waals surface area contributed by atoms with Crippen LogP contribution in [0.2, 0.25) is 0 Å². The molecule has 0 radical (unpaired) electrons. The highest BCUT2D eigenvalue weighted by molar-refractivity contribution is 5.97. The summed E-state index contributed by atoms with van der Waals surface area (Å²) in [6, 6.07) is 12.6. The fourth-order valence-electron chi connectivity index (χ4n) is 3.06. The summed E-state index contributed by atoms with van der Waals surface area (Å²) in [6.45, 7) is 3.90. The molecule has 0 fully saturated rings. The molecular formula is C20H22N2O4. The minimum Gasteiger partial charge on any atom is -0.493 e. The van der Waals surface area contributed by atoms with Gasteiger partial charge in [0.15, 0.2) is 18.1 Å². The Hall–Kier alpha value is -3.02. The third-order valence-electron chi connectivity index (χ3n) is 4.34. The van der Waals surface area contributed by atoms with Crippen molar-refractivity contribution in [1.82, 2.24) is 0 Å². The zero-order valence-corrected chi connectivity index (χ0v) is 15.1. The number of para-hydroxylation sites is 2. The van der Waals surface area contributed by atoms with E-state index in [2.05, 4.69) is 10.6 Å². The summed E-state index contributed by atoms with van der Waals surface area (Å²) in [5.74, 6) is 0.823. The lowest BCUT2D eigenvalue weighted by atomic mass is 9.78. The first-order valence-electron chi connectivity index (χ1n) is 8.39. The van der Waals surface area contributed by atoms with E-state index in [0.717, 1.165) is 11.3 Å². The van der Waals surface area contributed by atoms with Gasteiger partial charge in [0.2, 0.25) is 5.91 Å². The van der Waals surface area contributed by atoms with Gasteiger partial charge in [-0.1, -0.05) is 26.0 Å². The molecule has 0 saturated heterocycles. The Balaban J connectivity index is 1.68. The normalized spacial score (nSPS) is 14.8. The topological polar surface area (TPSA) is 76.7 Å². The number of fused-ring (bicyclic) bond motifs is 1. The van der Waals surface area contributed by atoms with E-state index in [-0.39, 0.29) is 23.8 Å². The molecule has 1 aliphatic heterocycles. The average molecular weight is 354 g/mol. The van der Waals surface area contributed by atoms with Gasteiger partial charge in [-0.05, 0) is 35.9 Å². The van der Waals surface area contributed by atoms with Crippen molar-refractivity contribution in [1.29, 1.82) is 0 Å². The molecule has 0 aliphatic carbocycles. The van der Waals surface area contributed by atoms with Gasteiger partial charge in [-0.2, -0.15) is 0 Å². The summed E-state index contributed by atoms with van der Waals surface area (Å²) in [5.41, 5.74) is 2.17. The van der Waals surface area contributed by atoms with E-state index in [9.17, 15) is 9.59 Å². The Labute approximate surface area is 152 Å². The lowest BCUT2D eigenvalue weighted by Crippen LogP contribution is -2.32. The van der Waals surface area contributed by atoms with E-state index < -0.39 is 0 Å². The molecule has 0 spiro atoms. The summed E-state index contributed by atoms with van der Waals surface area (Å²) < 4.78 is 10.7. The van der Waals surface area contributed by atoms with Gasteiger partial charge in [-0.3, -0.25) is 9.59 Å². The second kappa shape index (κ2) is 7.07. The number of methoxy groups -OCH3 is 1. The maximum Gasteiger partial charge on any atom is 0.262 e. The Morgan fingerprint density at radius 1 is 1.19 bits per heavy atom. The lowest BCUT2D eigenvalue weighted by Gasteiger charge is -2.32. The summed E-state index contributed by atoms with van der Waals surface area (Å²) in [4.78, 5) is 24.0. The number of benzene rings is 2. The number of rotatable bonds is 5. The highest BCUT2D eigenvalue weighted by Gasteiger charge is 2.32. The fraction of sp³-hybridized carbons (Fsp3) is 0.300. The molecule has 0 saturated carbocycles. The van der Waals surface area contributed by atoms with Crippen LogP contribution < -0.4 is 20.1 Å². The Bertz CT molecular complexity index is 845. The van der Waals surface area contributed by atoms with Gasteiger partial charge in [0, 0.05) is 23.2 Å². The summed E-state index contributed by atoms with van der Waals surface area (Å²) in [5, 5.41) is 5.70. The second-order valence-electron chi connectivity index (χ2n) is 6.86. The third kappa shape index (κ3) is 3.79. The van der Waals surface area contributed by atoms with Crippen molar-refractivity contribution in [3.05, 3.63) is 48.0 Å².